The van der Waals surface area contributed by atoms with Gasteiger partial charge in [-0.25, -0.2) is 0 Å². The van der Waals surface area contributed by atoms with Crippen LogP contribution in [-0.2, 0) is 11.2 Å². The van der Waals surface area contributed by atoms with E-state index >= 15 is 0 Å². The number of benzene rings is 1. The predicted molar refractivity (Wildman–Crippen MR) is 92.9 cm³/mol. The highest BCUT2D eigenvalue weighted by molar-refractivity contribution is 6.07. The monoisotopic (exact) mass is 315 g/mol. The van der Waals surface area contributed by atoms with Crippen molar-refractivity contribution in [1.29, 1.82) is 0 Å². The number of H-pyrrole nitrogens is 1. The number of aliphatic hydroxyl groups is 1. The third kappa shape index (κ3) is 3.89. The molecule has 0 radical (unpaired) electrons. The number of rotatable bonds is 6. The van der Waals surface area contributed by atoms with E-state index in [1.807, 2.05) is 52.1 Å². The van der Waals surface area contributed by atoms with Crippen molar-refractivity contribution < 1.29 is 14.6 Å². The maximum atomic E-state index is 12.2. The lowest BCUT2D eigenvalue weighted by Gasteiger charge is -2.28. The third-order valence-corrected chi connectivity index (χ3v) is 4.21. The molecule has 0 saturated carbocycles. The van der Waals surface area contributed by atoms with Gasteiger partial charge in [0.25, 0.3) is 0 Å². The van der Waals surface area contributed by atoms with Gasteiger partial charge < -0.3 is 14.8 Å². The number of carbonyl (C=O) groups excluding carboxylic acids is 1. The Labute approximate surface area is 137 Å². The first-order chi connectivity index (χ1) is 10.7. The lowest BCUT2D eigenvalue weighted by atomic mass is 9.94. The predicted octanol–water partition coefficient (Wildman–Crippen LogP) is 3.65. The van der Waals surface area contributed by atoms with Gasteiger partial charge in [-0.05, 0) is 57.5 Å². The number of ether oxygens (including phenoxy) is 1. The number of aromatic amines is 1. The molecule has 2 rings (SSSR count). The van der Waals surface area contributed by atoms with Crippen LogP contribution in [0.2, 0.25) is 0 Å². The smallest absolute Gasteiger partial charge is 0.185 e. The molecule has 23 heavy (non-hydrogen) atoms. The second-order valence-corrected chi connectivity index (χ2v) is 6.69. The lowest BCUT2D eigenvalue weighted by molar-refractivity contribution is -0.0763. The Bertz CT molecular complexity index is 736. The molecule has 1 aromatic carbocycles. The van der Waals surface area contributed by atoms with E-state index in [4.69, 9.17) is 4.74 Å². The molecule has 2 N–H and O–H groups in total. The van der Waals surface area contributed by atoms with Crippen LogP contribution in [-0.4, -0.2) is 34.7 Å². The largest absolute Gasteiger partial charge is 0.390 e. The number of allylic oxidation sites excluding steroid dienone is 2. The average molecular weight is 315 g/mol. The van der Waals surface area contributed by atoms with Gasteiger partial charge in [0, 0.05) is 36.2 Å². The second-order valence-electron chi connectivity index (χ2n) is 6.69. The maximum absolute atomic E-state index is 12.2. The van der Waals surface area contributed by atoms with Gasteiger partial charge in [-0.15, -0.1) is 0 Å². The number of ketones is 1. The van der Waals surface area contributed by atoms with Gasteiger partial charge in [-0.1, -0.05) is 5.57 Å². The fourth-order valence-corrected chi connectivity index (χ4v) is 2.44. The Morgan fingerprint density at radius 1 is 1.39 bits per heavy atom. The number of aromatic nitrogens is 1. The van der Waals surface area contributed by atoms with Crippen LogP contribution in [0.25, 0.3) is 10.9 Å². The van der Waals surface area contributed by atoms with Crippen molar-refractivity contribution in [2.24, 2.45) is 0 Å². The van der Waals surface area contributed by atoms with E-state index in [0.717, 1.165) is 22.0 Å². The Hall–Kier alpha value is -1.91. The molecule has 4 heteroatoms. The molecule has 1 heterocycles. The highest BCUT2D eigenvalue weighted by Crippen LogP contribution is 2.25. The second kappa shape index (κ2) is 6.69. The molecular weight excluding hydrogens is 290 g/mol. The number of fused-ring (bicyclic) bond motifs is 1. The van der Waals surface area contributed by atoms with Crippen LogP contribution in [0.5, 0.6) is 0 Å². The van der Waals surface area contributed by atoms with E-state index in [9.17, 15) is 9.90 Å². The summed E-state index contributed by atoms with van der Waals surface area (Å²) in [6, 6.07) is 5.61. The van der Waals surface area contributed by atoms with Crippen LogP contribution < -0.4 is 0 Å². The molecule has 0 aliphatic heterocycles. The number of carbonyl (C=O) groups is 1. The summed E-state index contributed by atoms with van der Waals surface area (Å²) in [4.78, 5) is 15.4. The van der Waals surface area contributed by atoms with Crippen molar-refractivity contribution in [2.45, 2.75) is 45.8 Å². The SMILES string of the molecule is COC(C)(C)[C@H](O)Cc1c[nH]c2ccc(C(=O)C=C(C)C)cc12. The van der Waals surface area contributed by atoms with E-state index in [1.165, 1.54) is 0 Å². The molecule has 0 aliphatic rings. The summed E-state index contributed by atoms with van der Waals surface area (Å²) in [5.41, 5.74) is 2.93. The summed E-state index contributed by atoms with van der Waals surface area (Å²) in [5.74, 6) is -0.00294. The summed E-state index contributed by atoms with van der Waals surface area (Å²) in [5, 5.41) is 11.4. The van der Waals surface area contributed by atoms with Crippen molar-refractivity contribution >= 4 is 16.7 Å². The van der Waals surface area contributed by atoms with E-state index < -0.39 is 11.7 Å². The van der Waals surface area contributed by atoms with Gasteiger partial charge in [0.2, 0.25) is 0 Å². The third-order valence-electron chi connectivity index (χ3n) is 4.21. The zero-order valence-corrected chi connectivity index (χ0v) is 14.4. The zero-order chi connectivity index (χ0) is 17.2. The van der Waals surface area contributed by atoms with Crippen LogP contribution >= 0.6 is 0 Å². The Morgan fingerprint density at radius 3 is 2.70 bits per heavy atom. The summed E-state index contributed by atoms with van der Waals surface area (Å²) in [6.45, 7) is 7.52. The molecule has 0 amide bonds. The summed E-state index contributed by atoms with van der Waals surface area (Å²) < 4.78 is 5.34. The zero-order valence-electron chi connectivity index (χ0n) is 14.4. The number of methoxy groups -OCH3 is 1. The molecule has 0 spiro atoms. The van der Waals surface area contributed by atoms with Crippen LogP contribution in [0.3, 0.4) is 0 Å². The van der Waals surface area contributed by atoms with Crippen molar-refractivity contribution in [3.05, 3.63) is 47.2 Å². The minimum absolute atomic E-state index is 0.00294. The van der Waals surface area contributed by atoms with Crippen LogP contribution in [0.4, 0.5) is 0 Å². The van der Waals surface area contributed by atoms with Crippen molar-refractivity contribution in [3.63, 3.8) is 0 Å². The van der Waals surface area contributed by atoms with E-state index in [1.54, 1.807) is 13.2 Å². The van der Waals surface area contributed by atoms with E-state index in [2.05, 4.69) is 4.98 Å². The fourth-order valence-electron chi connectivity index (χ4n) is 2.44. The highest BCUT2D eigenvalue weighted by Gasteiger charge is 2.28. The molecular formula is C19H25NO3. The van der Waals surface area contributed by atoms with E-state index in [-0.39, 0.29) is 5.78 Å². The summed E-state index contributed by atoms with van der Waals surface area (Å²) >= 11 is 0. The molecule has 0 unspecified atom stereocenters. The van der Waals surface area contributed by atoms with Crippen LogP contribution in [0.15, 0.2) is 36.0 Å². The Balaban J connectivity index is 2.35. The first-order valence-corrected chi connectivity index (χ1v) is 7.77. The standard InChI is InChI=1S/C19H25NO3/c1-12(2)8-17(21)13-6-7-16-15(9-13)14(11-20-16)10-18(22)19(3,4)23-5/h6-9,11,18,20,22H,10H2,1-5H3/t18-/m1/s1. The number of nitrogens with one attached hydrogen (secondary N) is 1. The quantitative estimate of drug-likeness (QED) is 0.632. The van der Waals surface area contributed by atoms with Gasteiger partial charge in [-0.3, -0.25) is 4.79 Å². The molecule has 0 bridgehead atoms. The van der Waals surface area contributed by atoms with Gasteiger partial charge >= 0.3 is 0 Å². The topological polar surface area (TPSA) is 62.3 Å². The van der Waals surface area contributed by atoms with Gasteiger partial charge in [0.05, 0.1) is 11.7 Å². The van der Waals surface area contributed by atoms with Crippen molar-refractivity contribution in [1.82, 2.24) is 4.98 Å². The highest BCUT2D eigenvalue weighted by atomic mass is 16.5. The lowest BCUT2D eigenvalue weighted by Crippen LogP contribution is -2.39. The molecule has 124 valence electrons. The first kappa shape index (κ1) is 17.4. The molecule has 0 aliphatic carbocycles. The number of aliphatic hydroxyl groups excluding tert-OH is 1. The maximum Gasteiger partial charge on any atom is 0.185 e. The van der Waals surface area contributed by atoms with Gasteiger partial charge in [-0.2, -0.15) is 0 Å². The normalized spacial score (nSPS) is 13.1. The molecule has 4 nitrogen and oxygen atoms in total. The van der Waals surface area contributed by atoms with Crippen LogP contribution in [0, 0.1) is 0 Å². The summed E-state index contributed by atoms with van der Waals surface area (Å²) in [7, 11) is 1.59. The van der Waals surface area contributed by atoms with Gasteiger partial charge in [0.1, 0.15) is 0 Å². The minimum Gasteiger partial charge on any atom is -0.390 e. The van der Waals surface area contributed by atoms with Gasteiger partial charge in [0.15, 0.2) is 5.78 Å². The van der Waals surface area contributed by atoms with Crippen LogP contribution in [0.1, 0.15) is 43.6 Å². The average Bonchev–Trinajstić information content (AvgIpc) is 2.88. The van der Waals surface area contributed by atoms with Crippen molar-refractivity contribution in [2.75, 3.05) is 7.11 Å². The Morgan fingerprint density at radius 2 is 2.09 bits per heavy atom. The fraction of sp³-hybridized carbons (Fsp3) is 0.421. The minimum atomic E-state index is -0.636. The number of hydrogen-bond acceptors (Lipinski definition) is 3. The van der Waals surface area contributed by atoms with E-state index in [0.29, 0.717) is 12.0 Å². The first-order valence-electron chi connectivity index (χ1n) is 7.77. The summed E-state index contributed by atoms with van der Waals surface area (Å²) in [6.07, 6.45) is 3.34. The molecule has 2 aromatic rings. The molecule has 0 fully saturated rings. The molecule has 0 saturated heterocycles. The molecule has 1 aromatic heterocycles. The Kier molecular flexibility index (Phi) is 5.07. The molecule has 1 atom stereocenters. The van der Waals surface area contributed by atoms with Crippen molar-refractivity contribution in [3.8, 4) is 0 Å². The number of hydrogen-bond donors (Lipinski definition) is 2.